The molecule has 0 aromatic carbocycles. The second-order valence-electron chi connectivity index (χ2n) is 5.50. The Morgan fingerprint density at radius 3 is 2.26 bits per heavy atom. The molecule has 1 rings (SSSR count). The summed E-state index contributed by atoms with van der Waals surface area (Å²) in [4.78, 5) is 0. The van der Waals surface area contributed by atoms with E-state index in [1.807, 2.05) is 13.8 Å². The van der Waals surface area contributed by atoms with Crippen molar-refractivity contribution in [3.8, 4) is 0 Å². The SMILES string of the molecule is C[C@@H](COS(C)(=O)=O)C[C@H]1CC[C@@H](C)N1S(C)(=O)=O. The fourth-order valence-electron chi connectivity index (χ4n) is 2.64. The Bertz CT molecular complexity index is 499. The van der Waals surface area contributed by atoms with E-state index in [9.17, 15) is 16.8 Å². The normalized spacial score (nSPS) is 27.6. The second-order valence-corrected chi connectivity index (χ2v) is 9.03. The first kappa shape index (κ1) is 16.9. The van der Waals surface area contributed by atoms with Crippen LogP contribution in [0.2, 0.25) is 0 Å². The number of sulfonamides is 1. The van der Waals surface area contributed by atoms with Gasteiger partial charge in [0.05, 0.1) is 19.1 Å². The van der Waals surface area contributed by atoms with Crippen LogP contribution < -0.4 is 0 Å². The highest BCUT2D eigenvalue weighted by atomic mass is 32.2. The lowest BCUT2D eigenvalue weighted by atomic mass is 10.0. The van der Waals surface area contributed by atoms with Crippen molar-refractivity contribution in [2.45, 2.75) is 45.2 Å². The van der Waals surface area contributed by atoms with Crippen molar-refractivity contribution in [2.24, 2.45) is 5.92 Å². The predicted molar refractivity (Wildman–Crippen MR) is 73.7 cm³/mol. The van der Waals surface area contributed by atoms with Crippen LogP contribution >= 0.6 is 0 Å². The molecule has 0 N–H and O–H groups in total. The summed E-state index contributed by atoms with van der Waals surface area (Å²) < 4.78 is 51.6. The minimum atomic E-state index is -3.44. The standard InChI is InChI=1S/C11H23NO5S2/c1-9(8-17-19(4,15)16)7-11-6-5-10(2)12(11)18(3,13)14/h9-11H,5-8H2,1-4H3/t9-,10-,11-/m1/s1. The molecule has 0 aromatic rings. The summed E-state index contributed by atoms with van der Waals surface area (Å²) in [6, 6.07) is -0.0359. The molecule has 0 unspecified atom stereocenters. The molecule has 1 aliphatic rings. The van der Waals surface area contributed by atoms with Crippen LogP contribution in [0.25, 0.3) is 0 Å². The van der Waals surface area contributed by atoms with Crippen LogP contribution in [0.5, 0.6) is 0 Å². The van der Waals surface area contributed by atoms with Gasteiger partial charge in [0.25, 0.3) is 10.1 Å². The van der Waals surface area contributed by atoms with Crippen LogP contribution in [0.15, 0.2) is 0 Å². The average Bonchev–Trinajstić information content (AvgIpc) is 2.55. The smallest absolute Gasteiger partial charge is 0.264 e. The summed E-state index contributed by atoms with van der Waals surface area (Å²) in [6.45, 7) is 3.87. The van der Waals surface area contributed by atoms with Gasteiger partial charge in [-0.25, -0.2) is 8.42 Å². The van der Waals surface area contributed by atoms with Gasteiger partial charge in [-0.15, -0.1) is 0 Å². The first-order valence-electron chi connectivity index (χ1n) is 6.33. The van der Waals surface area contributed by atoms with Crippen molar-refractivity contribution >= 4 is 20.1 Å². The van der Waals surface area contributed by atoms with Gasteiger partial charge in [-0.1, -0.05) is 6.92 Å². The molecule has 0 spiro atoms. The van der Waals surface area contributed by atoms with Gasteiger partial charge >= 0.3 is 0 Å². The van der Waals surface area contributed by atoms with E-state index in [0.717, 1.165) is 19.1 Å². The van der Waals surface area contributed by atoms with Gasteiger partial charge in [0.1, 0.15) is 0 Å². The van der Waals surface area contributed by atoms with Crippen LogP contribution in [-0.4, -0.2) is 52.3 Å². The molecule has 0 bridgehead atoms. The number of hydrogen-bond acceptors (Lipinski definition) is 5. The Labute approximate surface area is 116 Å². The molecule has 0 radical (unpaired) electrons. The van der Waals surface area contributed by atoms with Crippen LogP contribution in [0.1, 0.15) is 33.1 Å². The third-order valence-corrected chi connectivity index (χ3v) is 5.32. The molecule has 19 heavy (non-hydrogen) atoms. The minimum Gasteiger partial charge on any atom is -0.270 e. The van der Waals surface area contributed by atoms with E-state index in [1.165, 1.54) is 6.26 Å². The minimum absolute atomic E-state index is 0.00530. The highest BCUT2D eigenvalue weighted by Gasteiger charge is 2.37. The van der Waals surface area contributed by atoms with E-state index < -0.39 is 20.1 Å². The summed E-state index contributed by atoms with van der Waals surface area (Å²) in [7, 11) is -6.65. The maximum Gasteiger partial charge on any atom is 0.264 e. The van der Waals surface area contributed by atoms with Gasteiger partial charge in [-0.2, -0.15) is 12.7 Å². The lowest BCUT2D eigenvalue weighted by molar-refractivity contribution is 0.223. The molecular formula is C11H23NO5S2. The second kappa shape index (κ2) is 6.07. The number of nitrogens with zero attached hydrogens (tertiary/aromatic N) is 1. The van der Waals surface area contributed by atoms with Crippen molar-refractivity contribution in [3.63, 3.8) is 0 Å². The van der Waals surface area contributed by atoms with E-state index in [1.54, 1.807) is 4.31 Å². The molecular weight excluding hydrogens is 290 g/mol. The van der Waals surface area contributed by atoms with E-state index >= 15 is 0 Å². The first-order valence-corrected chi connectivity index (χ1v) is 10.00. The van der Waals surface area contributed by atoms with E-state index in [-0.39, 0.29) is 24.6 Å². The quantitative estimate of drug-likeness (QED) is 0.678. The van der Waals surface area contributed by atoms with Gasteiger partial charge in [-0.3, -0.25) is 4.18 Å². The van der Waals surface area contributed by atoms with Crippen LogP contribution in [0.3, 0.4) is 0 Å². The molecule has 1 fully saturated rings. The van der Waals surface area contributed by atoms with Gasteiger partial charge in [0.15, 0.2) is 0 Å². The Morgan fingerprint density at radius 2 is 1.79 bits per heavy atom. The van der Waals surface area contributed by atoms with Gasteiger partial charge < -0.3 is 0 Å². The molecule has 6 nitrogen and oxygen atoms in total. The van der Waals surface area contributed by atoms with Crippen molar-refractivity contribution < 1.29 is 21.0 Å². The molecule has 0 aromatic heterocycles. The van der Waals surface area contributed by atoms with E-state index in [4.69, 9.17) is 4.18 Å². The summed E-state index contributed by atoms with van der Waals surface area (Å²) in [5.74, 6) is -0.00530. The third kappa shape index (κ3) is 5.37. The van der Waals surface area contributed by atoms with Crippen LogP contribution in [0.4, 0.5) is 0 Å². The van der Waals surface area contributed by atoms with Gasteiger partial charge in [0, 0.05) is 12.1 Å². The van der Waals surface area contributed by atoms with E-state index in [0.29, 0.717) is 6.42 Å². The number of rotatable bonds is 6. The molecule has 0 saturated carbocycles. The van der Waals surface area contributed by atoms with Crippen molar-refractivity contribution in [1.82, 2.24) is 4.31 Å². The van der Waals surface area contributed by atoms with Crippen LogP contribution in [-0.2, 0) is 24.3 Å². The van der Waals surface area contributed by atoms with Crippen molar-refractivity contribution in [2.75, 3.05) is 19.1 Å². The third-order valence-electron chi connectivity index (χ3n) is 3.34. The molecule has 1 aliphatic heterocycles. The fourth-order valence-corrected chi connectivity index (χ4v) is 4.61. The van der Waals surface area contributed by atoms with Crippen molar-refractivity contribution in [3.05, 3.63) is 0 Å². The molecule has 114 valence electrons. The van der Waals surface area contributed by atoms with Gasteiger partial charge in [0.2, 0.25) is 10.0 Å². The first-order chi connectivity index (χ1) is 8.50. The predicted octanol–water partition coefficient (Wildman–Crippen LogP) is 0.801. The summed E-state index contributed by atoms with van der Waals surface area (Å²) in [6.07, 6.45) is 4.52. The molecule has 8 heteroatoms. The average molecular weight is 313 g/mol. The molecule has 1 heterocycles. The zero-order valence-electron chi connectivity index (χ0n) is 11.9. The Morgan fingerprint density at radius 1 is 1.21 bits per heavy atom. The maximum atomic E-state index is 11.8. The van der Waals surface area contributed by atoms with Crippen molar-refractivity contribution in [1.29, 1.82) is 0 Å². The molecule has 0 amide bonds. The molecule has 3 atom stereocenters. The molecule has 1 saturated heterocycles. The Balaban J connectivity index is 2.61. The zero-order valence-corrected chi connectivity index (χ0v) is 13.5. The lowest BCUT2D eigenvalue weighted by Gasteiger charge is -2.27. The van der Waals surface area contributed by atoms with Gasteiger partial charge in [-0.05, 0) is 32.1 Å². The zero-order chi connectivity index (χ0) is 14.8. The van der Waals surface area contributed by atoms with Crippen LogP contribution in [0, 0.1) is 5.92 Å². The fraction of sp³-hybridized carbons (Fsp3) is 1.00. The maximum absolute atomic E-state index is 11.8. The lowest BCUT2D eigenvalue weighted by Crippen LogP contribution is -2.40. The number of hydrogen-bond donors (Lipinski definition) is 0. The molecule has 0 aliphatic carbocycles. The summed E-state index contributed by atoms with van der Waals surface area (Å²) in [5, 5.41) is 0. The Kier molecular flexibility index (Phi) is 5.39. The monoisotopic (exact) mass is 313 g/mol. The summed E-state index contributed by atoms with van der Waals surface area (Å²) in [5.41, 5.74) is 0. The highest BCUT2D eigenvalue weighted by molar-refractivity contribution is 7.88. The highest BCUT2D eigenvalue weighted by Crippen LogP contribution is 2.30. The van der Waals surface area contributed by atoms with E-state index in [2.05, 4.69) is 0 Å². The Hall–Kier alpha value is -0.180. The largest absolute Gasteiger partial charge is 0.270 e. The summed E-state index contributed by atoms with van der Waals surface area (Å²) >= 11 is 0. The topological polar surface area (TPSA) is 80.8 Å².